The van der Waals surface area contributed by atoms with Crippen LogP contribution in [0.3, 0.4) is 0 Å². The van der Waals surface area contributed by atoms with Gasteiger partial charge in [-0.25, -0.2) is 9.97 Å². The van der Waals surface area contributed by atoms with Crippen LogP contribution < -0.4 is 10.2 Å². The largest absolute Gasteiger partial charge is 0.391 e. The number of fused-ring (bicyclic) bond motifs is 2. The lowest BCUT2D eigenvalue weighted by Gasteiger charge is -2.34. The van der Waals surface area contributed by atoms with Gasteiger partial charge in [0.15, 0.2) is 5.13 Å². The van der Waals surface area contributed by atoms with Crippen molar-refractivity contribution in [3.05, 3.63) is 54.0 Å². The highest BCUT2D eigenvalue weighted by molar-refractivity contribution is 7.22. The highest BCUT2D eigenvalue weighted by Gasteiger charge is 2.23. The van der Waals surface area contributed by atoms with Crippen molar-refractivity contribution in [2.75, 3.05) is 43.4 Å². The summed E-state index contributed by atoms with van der Waals surface area (Å²) in [5.74, 6) is 0. The molecule has 1 unspecified atom stereocenters. The second kappa shape index (κ2) is 9.17. The Hall–Kier alpha value is -2.68. The molecule has 1 aromatic carbocycles. The van der Waals surface area contributed by atoms with E-state index in [9.17, 15) is 5.11 Å². The smallest absolute Gasteiger partial charge is 0.184 e. The minimum absolute atomic E-state index is 0.114. The summed E-state index contributed by atoms with van der Waals surface area (Å²) in [6.45, 7) is 4.32. The molecule has 8 heteroatoms. The predicted octanol–water partition coefficient (Wildman–Crippen LogP) is 4.00. The molecule has 2 fully saturated rings. The molecule has 1 saturated heterocycles. The Morgan fingerprint density at radius 2 is 1.94 bits per heavy atom. The molecule has 4 heterocycles. The van der Waals surface area contributed by atoms with E-state index in [1.165, 1.54) is 28.1 Å². The molecule has 0 radical (unpaired) electrons. The van der Waals surface area contributed by atoms with Gasteiger partial charge in [0.1, 0.15) is 5.65 Å². The molecule has 2 aliphatic rings. The van der Waals surface area contributed by atoms with E-state index in [0.717, 1.165) is 68.2 Å². The number of aliphatic hydroxyl groups excluding tert-OH is 1. The van der Waals surface area contributed by atoms with Gasteiger partial charge in [-0.15, -0.1) is 0 Å². The zero-order chi connectivity index (χ0) is 23.1. The molecular formula is C26H32N6OS. The van der Waals surface area contributed by atoms with Crippen molar-refractivity contribution in [2.45, 2.75) is 44.2 Å². The zero-order valence-electron chi connectivity index (χ0n) is 19.7. The van der Waals surface area contributed by atoms with Gasteiger partial charge in [0.05, 0.1) is 22.4 Å². The Morgan fingerprint density at radius 3 is 2.79 bits per heavy atom. The van der Waals surface area contributed by atoms with Gasteiger partial charge in [-0.3, -0.25) is 0 Å². The molecule has 7 nitrogen and oxygen atoms in total. The molecule has 178 valence electrons. The Morgan fingerprint density at radius 1 is 1.09 bits per heavy atom. The summed E-state index contributed by atoms with van der Waals surface area (Å²) in [5.41, 5.74) is 5.71. The van der Waals surface area contributed by atoms with Gasteiger partial charge in [-0.2, -0.15) is 0 Å². The fourth-order valence-corrected chi connectivity index (χ4v) is 6.19. The van der Waals surface area contributed by atoms with Crippen molar-refractivity contribution in [1.29, 1.82) is 0 Å². The van der Waals surface area contributed by atoms with E-state index in [0.29, 0.717) is 0 Å². The standard InChI is InChI=1S/C26H32N6OS/c1-30-10-12-31(13-11-30)19-8-9-32-20(17-27-25(32)16-19)14-18-6-7-22-24(15-18)34-26(29-22)28-21-4-2-3-5-23(21)33/h6-9,15-17,21,23,33H,2-5,10-14H2,1H3,(H,28,29)/t21?,23-/m1/s1. The van der Waals surface area contributed by atoms with Crippen LogP contribution in [0.2, 0.25) is 0 Å². The first kappa shape index (κ1) is 21.8. The van der Waals surface area contributed by atoms with Gasteiger partial charge in [0.2, 0.25) is 0 Å². The van der Waals surface area contributed by atoms with Crippen LogP contribution in [0.4, 0.5) is 10.8 Å². The average Bonchev–Trinajstić information content (AvgIpc) is 3.44. The summed E-state index contributed by atoms with van der Waals surface area (Å²) in [6, 6.07) is 11.1. The number of benzene rings is 1. The molecule has 2 N–H and O–H groups in total. The molecule has 34 heavy (non-hydrogen) atoms. The lowest BCUT2D eigenvalue weighted by Crippen LogP contribution is -2.44. The lowest BCUT2D eigenvalue weighted by atomic mass is 9.93. The third-order valence-electron chi connectivity index (χ3n) is 7.32. The Labute approximate surface area is 204 Å². The van der Waals surface area contributed by atoms with Crippen molar-refractivity contribution in [2.24, 2.45) is 0 Å². The molecular weight excluding hydrogens is 444 g/mol. The maximum absolute atomic E-state index is 10.3. The van der Waals surface area contributed by atoms with Crippen LogP contribution in [-0.4, -0.2) is 69.7 Å². The zero-order valence-corrected chi connectivity index (χ0v) is 20.5. The van der Waals surface area contributed by atoms with Crippen LogP contribution in [0, 0.1) is 0 Å². The summed E-state index contributed by atoms with van der Waals surface area (Å²) in [4.78, 5) is 14.3. The summed E-state index contributed by atoms with van der Waals surface area (Å²) < 4.78 is 3.38. The van der Waals surface area contributed by atoms with Crippen LogP contribution in [0.5, 0.6) is 0 Å². The minimum Gasteiger partial charge on any atom is -0.391 e. The molecule has 1 aliphatic heterocycles. The van der Waals surface area contributed by atoms with Crippen molar-refractivity contribution in [3.63, 3.8) is 0 Å². The molecule has 1 saturated carbocycles. The first-order valence-corrected chi connectivity index (χ1v) is 13.2. The summed E-state index contributed by atoms with van der Waals surface area (Å²) in [5, 5.41) is 14.7. The molecule has 3 aromatic heterocycles. The van der Waals surface area contributed by atoms with Crippen LogP contribution >= 0.6 is 11.3 Å². The fraction of sp³-hybridized carbons (Fsp3) is 0.462. The van der Waals surface area contributed by atoms with E-state index >= 15 is 0 Å². The first-order chi connectivity index (χ1) is 16.6. The summed E-state index contributed by atoms with van der Waals surface area (Å²) in [7, 11) is 2.18. The fourth-order valence-electron chi connectivity index (χ4n) is 5.20. The number of hydrogen-bond acceptors (Lipinski definition) is 7. The van der Waals surface area contributed by atoms with Crippen LogP contribution in [-0.2, 0) is 6.42 Å². The van der Waals surface area contributed by atoms with E-state index in [4.69, 9.17) is 9.97 Å². The number of piperazine rings is 1. The maximum Gasteiger partial charge on any atom is 0.184 e. The highest BCUT2D eigenvalue weighted by atomic mass is 32.1. The number of aliphatic hydroxyl groups is 1. The molecule has 1 aliphatic carbocycles. The van der Waals surface area contributed by atoms with Crippen LogP contribution in [0.1, 0.15) is 36.9 Å². The average molecular weight is 477 g/mol. The number of nitrogens with zero attached hydrogens (tertiary/aromatic N) is 5. The van der Waals surface area contributed by atoms with E-state index in [-0.39, 0.29) is 12.1 Å². The number of thiazole rings is 1. The molecule has 0 bridgehead atoms. The van der Waals surface area contributed by atoms with Gasteiger partial charge >= 0.3 is 0 Å². The maximum atomic E-state index is 10.3. The third-order valence-corrected chi connectivity index (χ3v) is 8.27. The number of anilines is 2. The molecule has 6 rings (SSSR count). The molecule has 0 spiro atoms. The number of nitrogens with one attached hydrogen (secondary N) is 1. The predicted molar refractivity (Wildman–Crippen MR) is 139 cm³/mol. The Bertz CT molecular complexity index is 1290. The lowest BCUT2D eigenvalue weighted by molar-refractivity contribution is 0.116. The van der Waals surface area contributed by atoms with Gasteiger partial charge < -0.3 is 24.6 Å². The van der Waals surface area contributed by atoms with Crippen LogP contribution in [0.25, 0.3) is 15.9 Å². The molecule has 0 amide bonds. The summed E-state index contributed by atoms with van der Waals surface area (Å²) in [6.07, 6.45) is 8.88. The monoisotopic (exact) mass is 476 g/mol. The van der Waals surface area contributed by atoms with Gasteiger partial charge in [-0.1, -0.05) is 30.2 Å². The summed E-state index contributed by atoms with van der Waals surface area (Å²) >= 11 is 1.68. The van der Waals surface area contributed by atoms with E-state index in [1.54, 1.807) is 11.3 Å². The first-order valence-electron chi connectivity index (χ1n) is 12.4. The van der Waals surface area contributed by atoms with Crippen molar-refractivity contribution in [1.82, 2.24) is 19.3 Å². The molecule has 2 atom stereocenters. The van der Waals surface area contributed by atoms with E-state index in [2.05, 4.69) is 63.1 Å². The van der Waals surface area contributed by atoms with Gasteiger partial charge in [-0.05, 0) is 43.7 Å². The van der Waals surface area contributed by atoms with E-state index in [1.807, 2.05) is 6.20 Å². The number of hydrogen-bond donors (Lipinski definition) is 2. The second-order valence-electron chi connectivity index (χ2n) is 9.75. The van der Waals surface area contributed by atoms with Gasteiger partial charge in [0, 0.05) is 62.4 Å². The Kier molecular flexibility index (Phi) is 5.89. The SMILES string of the molecule is CN1CCN(c2ccn3c(Cc4ccc5nc(NC6CCCC[C@H]6O)sc5c4)cnc3c2)CC1. The van der Waals surface area contributed by atoms with Crippen molar-refractivity contribution in [3.8, 4) is 0 Å². The highest BCUT2D eigenvalue weighted by Crippen LogP contribution is 2.30. The van der Waals surface area contributed by atoms with Crippen LogP contribution in [0.15, 0.2) is 42.7 Å². The topological polar surface area (TPSA) is 68.9 Å². The number of aromatic nitrogens is 3. The quantitative estimate of drug-likeness (QED) is 0.454. The molecule has 4 aromatic rings. The van der Waals surface area contributed by atoms with Gasteiger partial charge in [0.25, 0.3) is 0 Å². The Balaban J connectivity index is 1.19. The van der Waals surface area contributed by atoms with Crippen molar-refractivity contribution >= 4 is 38.0 Å². The normalized spacial score (nSPS) is 22.0. The number of rotatable bonds is 5. The number of imidazole rings is 1. The number of likely N-dealkylation sites (N-methyl/N-ethyl adjacent to an activating group) is 1. The third kappa shape index (κ3) is 4.37. The number of pyridine rings is 1. The second-order valence-corrected chi connectivity index (χ2v) is 10.8. The van der Waals surface area contributed by atoms with E-state index < -0.39 is 0 Å². The van der Waals surface area contributed by atoms with Crippen molar-refractivity contribution < 1.29 is 5.11 Å². The minimum atomic E-state index is -0.275.